The van der Waals surface area contributed by atoms with Crippen LogP contribution in [0.4, 0.5) is 23.5 Å². The number of aliphatic carboxylic acids is 1. The molecule has 2 N–H and O–H groups in total. The molecule has 9 nitrogen and oxygen atoms in total. The van der Waals surface area contributed by atoms with Crippen molar-refractivity contribution in [3.8, 4) is 0 Å². The van der Waals surface area contributed by atoms with Gasteiger partial charge in [0.15, 0.2) is 5.82 Å². The fraction of sp³-hybridized carbons (Fsp3) is 0.500. The quantitative estimate of drug-likeness (QED) is 0.640. The first-order valence-electron chi connectivity index (χ1n) is 10.1. The fourth-order valence-corrected chi connectivity index (χ4v) is 3.90. The van der Waals surface area contributed by atoms with Crippen molar-refractivity contribution >= 4 is 17.8 Å². The van der Waals surface area contributed by atoms with Gasteiger partial charge in [0, 0.05) is 26.4 Å². The Morgan fingerprint density at radius 3 is 2.48 bits per heavy atom. The molecular formula is C20H23F4N5O4. The van der Waals surface area contributed by atoms with Crippen molar-refractivity contribution < 1.29 is 37.0 Å². The van der Waals surface area contributed by atoms with E-state index < -0.39 is 18.0 Å². The molecule has 1 atom stereocenters. The molecule has 1 amide bonds. The average molecular weight is 473 g/mol. The number of carbonyl (C=O) groups is 2. The van der Waals surface area contributed by atoms with Gasteiger partial charge in [0.05, 0.1) is 25.5 Å². The average Bonchev–Trinajstić information content (AvgIpc) is 3.33. The van der Waals surface area contributed by atoms with Crippen LogP contribution in [-0.4, -0.2) is 69.5 Å². The highest BCUT2D eigenvalue weighted by molar-refractivity contribution is 5.92. The summed E-state index contributed by atoms with van der Waals surface area (Å²) in [6.07, 6.45) is 0.987. The summed E-state index contributed by atoms with van der Waals surface area (Å²) in [5.74, 6) is -2.34. The minimum absolute atomic E-state index is 0.0552. The van der Waals surface area contributed by atoms with Crippen LogP contribution in [0.1, 0.15) is 23.3 Å². The van der Waals surface area contributed by atoms with E-state index in [1.165, 1.54) is 12.4 Å². The molecule has 0 saturated carbocycles. The van der Waals surface area contributed by atoms with E-state index in [0.717, 1.165) is 19.4 Å². The summed E-state index contributed by atoms with van der Waals surface area (Å²) in [6, 6.07) is 3.66. The molecule has 2 saturated heterocycles. The Balaban J connectivity index is 0.000000383. The largest absolute Gasteiger partial charge is 0.490 e. The predicted molar refractivity (Wildman–Crippen MR) is 107 cm³/mol. The van der Waals surface area contributed by atoms with E-state index in [2.05, 4.69) is 15.3 Å². The van der Waals surface area contributed by atoms with Gasteiger partial charge in [-0.15, -0.1) is 0 Å². The first-order valence-corrected chi connectivity index (χ1v) is 10.1. The zero-order valence-electron chi connectivity index (χ0n) is 17.7. The third kappa shape index (κ3) is 5.78. The minimum atomic E-state index is -5.08. The molecule has 2 aromatic rings. The van der Waals surface area contributed by atoms with Gasteiger partial charge in [-0.05, 0) is 30.9 Å². The van der Waals surface area contributed by atoms with E-state index >= 15 is 0 Å². The number of aryl methyl sites for hydroxylation is 1. The first kappa shape index (κ1) is 24.4. The minimum Gasteiger partial charge on any atom is -0.475 e. The highest BCUT2D eigenvalue weighted by Crippen LogP contribution is 2.42. The topological polar surface area (TPSA) is 110 Å². The van der Waals surface area contributed by atoms with Crippen molar-refractivity contribution in [2.75, 3.05) is 31.1 Å². The van der Waals surface area contributed by atoms with E-state index in [1.54, 1.807) is 0 Å². The number of nitrogens with one attached hydrogen (secondary N) is 1. The standard InChI is InChI=1S/C18H22FN5O2.C2HF3O2/c1-23-7-2-3-15(23)16(25)20-6-4-13-5-8-26-18(13)11-24(12-18)17-21-9-14(19)10-22-17;3-2(4,5)1(6)7/h2-3,7,9-10,13H,4-6,8,11-12H2,1H3,(H,20,25);(H,6,7). The Hall–Kier alpha value is -3.22. The molecule has 2 aromatic heterocycles. The van der Waals surface area contributed by atoms with Gasteiger partial charge in [0.1, 0.15) is 11.3 Å². The number of rotatable bonds is 5. The number of aromatic nitrogens is 3. The Labute approximate surface area is 186 Å². The van der Waals surface area contributed by atoms with E-state index in [9.17, 15) is 22.4 Å². The van der Waals surface area contributed by atoms with Crippen LogP contribution in [-0.2, 0) is 16.6 Å². The molecule has 0 radical (unpaired) electrons. The summed E-state index contributed by atoms with van der Waals surface area (Å²) in [4.78, 5) is 31.1. The third-order valence-electron chi connectivity index (χ3n) is 5.60. The Morgan fingerprint density at radius 2 is 1.94 bits per heavy atom. The molecule has 0 aromatic carbocycles. The maximum atomic E-state index is 13.0. The number of carboxylic acid groups (broad SMARTS) is 1. The smallest absolute Gasteiger partial charge is 0.475 e. The van der Waals surface area contributed by atoms with Crippen LogP contribution in [0.25, 0.3) is 0 Å². The monoisotopic (exact) mass is 473 g/mol. The molecule has 2 fully saturated rings. The fourth-order valence-electron chi connectivity index (χ4n) is 3.90. The molecule has 4 rings (SSSR count). The van der Waals surface area contributed by atoms with E-state index in [4.69, 9.17) is 14.6 Å². The normalized spacial score (nSPS) is 18.9. The van der Waals surface area contributed by atoms with E-state index in [1.807, 2.05) is 34.8 Å². The van der Waals surface area contributed by atoms with Gasteiger partial charge in [-0.25, -0.2) is 19.2 Å². The predicted octanol–water partition coefficient (Wildman–Crippen LogP) is 2.00. The molecule has 4 heterocycles. The molecule has 0 aliphatic carbocycles. The Morgan fingerprint density at radius 1 is 1.30 bits per heavy atom. The Kier molecular flexibility index (Phi) is 7.20. The number of carbonyl (C=O) groups excluding carboxylic acids is 1. The number of nitrogens with zero attached hydrogens (tertiary/aromatic N) is 4. The summed E-state index contributed by atoms with van der Waals surface area (Å²) in [7, 11) is 1.86. The molecule has 33 heavy (non-hydrogen) atoms. The van der Waals surface area contributed by atoms with Crippen molar-refractivity contribution in [2.45, 2.75) is 24.6 Å². The van der Waals surface area contributed by atoms with Gasteiger partial charge < -0.3 is 24.6 Å². The summed E-state index contributed by atoms with van der Waals surface area (Å²) in [6.45, 7) is 2.76. The van der Waals surface area contributed by atoms with E-state index in [-0.39, 0.29) is 11.5 Å². The molecular weight excluding hydrogens is 450 g/mol. The van der Waals surface area contributed by atoms with Crippen molar-refractivity contribution in [2.24, 2.45) is 13.0 Å². The van der Waals surface area contributed by atoms with Crippen molar-refractivity contribution in [3.05, 3.63) is 42.2 Å². The van der Waals surface area contributed by atoms with Crippen LogP contribution < -0.4 is 10.2 Å². The van der Waals surface area contributed by atoms with Gasteiger partial charge in [0.25, 0.3) is 5.91 Å². The van der Waals surface area contributed by atoms with Crippen molar-refractivity contribution in [1.82, 2.24) is 19.9 Å². The lowest BCUT2D eigenvalue weighted by Crippen LogP contribution is -2.65. The SMILES string of the molecule is Cn1cccc1C(=O)NCCC1CCOC12CN(c1ncc(F)cn1)C2.O=C(O)C(F)(F)F. The summed E-state index contributed by atoms with van der Waals surface area (Å²) < 4.78 is 52.5. The van der Waals surface area contributed by atoms with Crippen molar-refractivity contribution in [1.29, 1.82) is 0 Å². The molecule has 1 unspecified atom stereocenters. The number of hydrogen-bond donors (Lipinski definition) is 2. The lowest BCUT2D eigenvalue weighted by atomic mass is 9.79. The zero-order valence-corrected chi connectivity index (χ0v) is 17.7. The number of anilines is 1. The lowest BCUT2D eigenvalue weighted by Gasteiger charge is -2.50. The lowest BCUT2D eigenvalue weighted by molar-refractivity contribution is -0.192. The maximum absolute atomic E-state index is 13.0. The Bertz CT molecular complexity index is 974. The summed E-state index contributed by atoms with van der Waals surface area (Å²) in [5, 5.41) is 10.1. The van der Waals surface area contributed by atoms with Crippen LogP contribution in [0.2, 0.25) is 0 Å². The summed E-state index contributed by atoms with van der Waals surface area (Å²) in [5.41, 5.74) is 0.457. The van der Waals surface area contributed by atoms with Crippen LogP contribution in [0, 0.1) is 11.7 Å². The van der Waals surface area contributed by atoms with Crippen LogP contribution in [0.15, 0.2) is 30.7 Å². The van der Waals surface area contributed by atoms with Gasteiger partial charge in [-0.2, -0.15) is 13.2 Å². The molecule has 13 heteroatoms. The van der Waals surface area contributed by atoms with Crippen LogP contribution in [0.5, 0.6) is 0 Å². The number of halogens is 4. The second-order valence-corrected chi connectivity index (χ2v) is 7.81. The van der Waals surface area contributed by atoms with Crippen LogP contribution >= 0.6 is 0 Å². The van der Waals surface area contributed by atoms with Gasteiger partial charge >= 0.3 is 12.1 Å². The van der Waals surface area contributed by atoms with E-state index in [0.29, 0.717) is 37.2 Å². The third-order valence-corrected chi connectivity index (χ3v) is 5.60. The molecule has 2 aliphatic rings. The van der Waals surface area contributed by atoms with Gasteiger partial charge in [-0.1, -0.05) is 0 Å². The van der Waals surface area contributed by atoms with Gasteiger partial charge in [-0.3, -0.25) is 4.79 Å². The second kappa shape index (κ2) is 9.73. The maximum Gasteiger partial charge on any atom is 0.490 e. The highest BCUT2D eigenvalue weighted by Gasteiger charge is 2.53. The second-order valence-electron chi connectivity index (χ2n) is 7.81. The van der Waals surface area contributed by atoms with Gasteiger partial charge in [0.2, 0.25) is 5.95 Å². The number of amides is 1. The zero-order chi connectivity index (χ0) is 24.2. The number of alkyl halides is 3. The molecule has 2 aliphatic heterocycles. The number of hydrogen-bond acceptors (Lipinski definition) is 6. The summed E-state index contributed by atoms with van der Waals surface area (Å²) >= 11 is 0. The molecule has 0 bridgehead atoms. The number of ether oxygens (including phenoxy) is 1. The number of carboxylic acids is 1. The van der Waals surface area contributed by atoms with Crippen LogP contribution in [0.3, 0.4) is 0 Å². The first-order chi connectivity index (χ1) is 15.5. The highest BCUT2D eigenvalue weighted by atomic mass is 19.4. The molecule has 1 spiro atoms. The molecule has 180 valence electrons. The van der Waals surface area contributed by atoms with Crippen molar-refractivity contribution in [3.63, 3.8) is 0 Å².